The summed E-state index contributed by atoms with van der Waals surface area (Å²) < 4.78 is 12.0. The second-order valence-electron chi connectivity index (χ2n) is 9.90. The van der Waals surface area contributed by atoms with Crippen molar-refractivity contribution in [2.45, 2.75) is 45.1 Å². The quantitative estimate of drug-likeness (QED) is 0.399. The molecule has 1 saturated heterocycles. The zero-order valence-electron chi connectivity index (χ0n) is 21.3. The Morgan fingerprint density at radius 2 is 1.86 bits per heavy atom. The maximum Gasteiger partial charge on any atom is 0.255 e. The number of hydrogen-bond acceptors (Lipinski definition) is 6. The maximum absolute atomic E-state index is 13.1. The van der Waals surface area contributed by atoms with Crippen LogP contribution in [-0.2, 0) is 0 Å². The van der Waals surface area contributed by atoms with E-state index >= 15 is 0 Å². The molecule has 7 nitrogen and oxygen atoms in total. The van der Waals surface area contributed by atoms with Crippen molar-refractivity contribution in [2.24, 2.45) is 5.92 Å². The number of anilines is 2. The largest absolute Gasteiger partial charge is 0.493 e. The van der Waals surface area contributed by atoms with Crippen LogP contribution in [0.3, 0.4) is 0 Å². The van der Waals surface area contributed by atoms with Gasteiger partial charge in [-0.1, -0.05) is 25.1 Å². The first kappa shape index (κ1) is 24.4. The van der Waals surface area contributed by atoms with Crippen LogP contribution in [0.5, 0.6) is 11.5 Å². The molecule has 0 bridgehead atoms. The van der Waals surface area contributed by atoms with Crippen molar-refractivity contribution in [1.29, 1.82) is 0 Å². The second-order valence-corrected chi connectivity index (χ2v) is 9.90. The lowest BCUT2D eigenvalue weighted by Gasteiger charge is -2.31. The number of methoxy groups -OCH3 is 1. The molecule has 1 aliphatic carbocycles. The third-order valence-electron chi connectivity index (χ3n) is 7.08. The zero-order valence-corrected chi connectivity index (χ0v) is 21.3. The van der Waals surface area contributed by atoms with E-state index < -0.39 is 0 Å². The number of hydrogen-bond donors (Lipinski definition) is 2. The normalized spacial score (nSPS) is 16.6. The Kier molecular flexibility index (Phi) is 7.56. The van der Waals surface area contributed by atoms with Gasteiger partial charge in [-0.2, -0.15) is 0 Å². The van der Waals surface area contributed by atoms with Crippen molar-refractivity contribution in [3.05, 3.63) is 54.2 Å². The number of carbonyl (C=O) groups is 1. The van der Waals surface area contributed by atoms with Gasteiger partial charge in [0.1, 0.15) is 0 Å². The fourth-order valence-electron chi connectivity index (χ4n) is 4.84. The first-order valence-corrected chi connectivity index (χ1v) is 13.1. The summed E-state index contributed by atoms with van der Waals surface area (Å²) >= 11 is 0. The number of amides is 1. The van der Waals surface area contributed by atoms with Crippen LogP contribution in [0.1, 0.15) is 49.4 Å². The van der Waals surface area contributed by atoms with Gasteiger partial charge in [-0.05, 0) is 75.9 Å². The highest BCUT2D eigenvalue weighted by atomic mass is 16.5. The molecule has 0 unspecified atom stereocenters. The van der Waals surface area contributed by atoms with Crippen LogP contribution in [0.15, 0.2) is 48.7 Å². The SMILES string of the molecule is CCCN1CCC(COc2cc3c(Nc4ccccc4)c(C(=O)NC4CC4)cnc3cc2OC)CC1. The Hall–Kier alpha value is -3.32. The second kappa shape index (κ2) is 11.2. The van der Waals surface area contributed by atoms with Gasteiger partial charge < -0.3 is 25.0 Å². The van der Waals surface area contributed by atoms with Gasteiger partial charge in [0, 0.05) is 29.4 Å². The number of pyridine rings is 1. The number of piperidine rings is 1. The van der Waals surface area contributed by atoms with Crippen molar-refractivity contribution in [3.8, 4) is 11.5 Å². The summed E-state index contributed by atoms with van der Waals surface area (Å²) in [7, 11) is 1.65. The standard InChI is InChI=1S/C29H36N4O3/c1-3-13-33-14-11-20(12-15-33)19-36-27-16-23-25(17-26(27)35-2)30-18-24(29(34)32-22-9-10-22)28(23)31-21-7-5-4-6-8-21/h4-8,16-18,20,22H,3,9-15,19H2,1-2H3,(H,30,31)(H,32,34). The lowest BCUT2D eigenvalue weighted by Crippen LogP contribution is -2.35. The number of nitrogens with one attached hydrogen (secondary N) is 2. The van der Waals surface area contributed by atoms with Crippen LogP contribution in [0.4, 0.5) is 11.4 Å². The van der Waals surface area contributed by atoms with Crippen LogP contribution in [0.25, 0.3) is 10.9 Å². The van der Waals surface area contributed by atoms with Gasteiger partial charge in [0.05, 0.1) is 30.5 Å². The van der Waals surface area contributed by atoms with Crippen molar-refractivity contribution >= 4 is 28.2 Å². The number of rotatable bonds is 10. The van der Waals surface area contributed by atoms with Crippen LogP contribution in [0.2, 0.25) is 0 Å². The first-order chi connectivity index (χ1) is 17.6. The van der Waals surface area contributed by atoms with E-state index in [1.54, 1.807) is 13.3 Å². The van der Waals surface area contributed by atoms with Crippen molar-refractivity contribution < 1.29 is 14.3 Å². The third kappa shape index (κ3) is 5.73. The van der Waals surface area contributed by atoms with Gasteiger partial charge in [-0.25, -0.2) is 0 Å². The lowest BCUT2D eigenvalue weighted by atomic mass is 9.97. The molecule has 2 fully saturated rings. The van der Waals surface area contributed by atoms with E-state index in [-0.39, 0.29) is 11.9 Å². The molecule has 7 heteroatoms. The van der Waals surface area contributed by atoms with E-state index in [0.717, 1.165) is 61.1 Å². The smallest absolute Gasteiger partial charge is 0.255 e. The molecule has 0 spiro atoms. The fourth-order valence-corrected chi connectivity index (χ4v) is 4.84. The minimum Gasteiger partial charge on any atom is -0.493 e. The monoisotopic (exact) mass is 488 g/mol. The van der Waals surface area contributed by atoms with Gasteiger partial charge in [-0.15, -0.1) is 0 Å². The van der Waals surface area contributed by atoms with E-state index in [1.807, 2.05) is 42.5 Å². The number of aromatic nitrogens is 1. The lowest BCUT2D eigenvalue weighted by molar-refractivity contribution is 0.0951. The number of fused-ring (bicyclic) bond motifs is 1. The number of ether oxygens (including phenoxy) is 2. The highest BCUT2D eigenvalue weighted by Crippen LogP contribution is 2.38. The Labute approximate surface area is 213 Å². The number of carbonyl (C=O) groups excluding carboxylic acids is 1. The van der Waals surface area contributed by atoms with Crippen LogP contribution in [-0.4, -0.2) is 55.2 Å². The topological polar surface area (TPSA) is 75.7 Å². The number of benzene rings is 2. The molecule has 190 valence electrons. The number of likely N-dealkylation sites (tertiary alicyclic amines) is 1. The van der Waals surface area contributed by atoms with Crippen molar-refractivity contribution in [1.82, 2.24) is 15.2 Å². The summed E-state index contributed by atoms with van der Waals surface area (Å²) in [4.78, 5) is 20.3. The van der Waals surface area contributed by atoms with Gasteiger partial charge >= 0.3 is 0 Å². The zero-order chi connectivity index (χ0) is 24.9. The number of para-hydroxylation sites is 1. The summed E-state index contributed by atoms with van der Waals surface area (Å²) in [6.45, 7) is 6.32. The van der Waals surface area contributed by atoms with E-state index in [1.165, 1.54) is 13.0 Å². The summed E-state index contributed by atoms with van der Waals surface area (Å²) in [5.74, 6) is 1.74. The molecule has 36 heavy (non-hydrogen) atoms. The molecule has 2 aliphatic rings. The Morgan fingerprint density at radius 3 is 2.56 bits per heavy atom. The molecule has 1 saturated carbocycles. The van der Waals surface area contributed by atoms with E-state index in [4.69, 9.17) is 9.47 Å². The molecule has 0 radical (unpaired) electrons. The molecule has 0 atom stereocenters. The van der Waals surface area contributed by atoms with Crippen molar-refractivity contribution in [3.63, 3.8) is 0 Å². The molecular formula is C29H36N4O3. The predicted octanol–water partition coefficient (Wildman–Crippen LogP) is 5.38. The summed E-state index contributed by atoms with van der Waals surface area (Å²) in [5.41, 5.74) is 2.90. The van der Waals surface area contributed by atoms with E-state index in [2.05, 4.69) is 27.4 Å². The summed E-state index contributed by atoms with van der Waals surface area (Å²) in [6.07, 6.45) is 7.19. The molecule has 2 N–H and O–H groups in total. The third-order valence-corrected chi connectivity index (χ3v) is 7.08. The van der Waals surface area contributed by atoms with Gasteiger partial charge in [-0.3, -0.25) is 9.78 Å². The summed E-state index contributed by atoms with van der Waals surface area (Å²) in [6, 6.07) is 14.0. The maximum atomic E-state index is 13.1. The van der Waals surface area contributed by atoms with Crippen molar-refractivity contribution in [2.75, 3.05) is 38.7 Å². The Bertz CT molecular complexity index is 1190. The summed E-state index contributed by atoms with van der Waals surface area (Å²) in [5, 5.41) is 7.40. The van der Waals surface area contributed by atoms with E-state index in [0.29, 0.717) is 29.6 Å². The molecule has 1 aromatic heterocycles. The molecule has 2 aromatic carbocycles. The van der Waals surface area contributed by atoms with Crippen LogP contribution >= 0.6 is 0 Å². The highest BCUT2D eigenvalue weighted by molar-refractivity contribution is 6.08. The minimum absolute atomic E-state index is 0.109. The number of nitrogens with zero attached hydrogens (tertiary/aromatic N) is 2. The fraction of sp³-hybridized carbons (Fsp3) is 0.448. The van der Waals surface area contributed by atoms with Crippen LogP contribution in [0, 0.1) is 5.92 Å². The highest BCUT2D eigenvalue weighted by Gasteiger charge is 2.26. The molecule has 2 heterocycles. The van der Waals surface area contributed by atoms with Gasteiger partial charge in [0.25, 0.3) is 5.91 Å². The van der Waals surface area contributed by atoms with E-state index in [9.17, 15) is 4.79 Å². The molecule has 3 aromatic rings. The van der Waals surface area contributed by atoms with Gasteiger partial charge in [0.2, 0.25) is 0 Å². The molecule has 1 aliphatic heterocycles. The molecule has 1 amide bonds. The first-order valence-electron chi connectivity index (χ1n) is 13.1. The predicted molar refractivity (Wildman–Crippen MR) is 143 cm³/mol. The Balaban J connectivity index is 1.44. The Morgan fingerprint density at radius 1 is 1.08 bits per heavy atom. The average Bonchev–Trinajstić information content (AvgIpc) is 3.72. The van der Waals surface area contributed by atoms with Crippen LogP contribution < -0.4 is 20.1 Å². The average molecular weight is 489 g/mol. The molecule has 5 rings (SSSR count). The minimum atomic E-state index is -0.109. The van der Waals surface area contributed by atoms with Gasteiger partial charge in [0.15, 0.2) is 11.5 Å². The molecular weight excluding hydrogens is 452 g/mol.